The van der Waals surface area contributed by atoms with Crippen LogP contribution in [-0.2, 0) is 98.1 Å². The minimum absolute atomic E-state index is 0.0165. The van der Waals surface area contributed by atoms with E-state index in [2.05, 4.69) is 53.0 Å². The number of nitrogens with one attached hydrogen (secondary N) is 2. The summed E-state index contributed by atoms with van der Waals surface area (Å²) in [5, 5.41) is 13.6. The number of carboxylic acid groups (broad SMARTS) is 1. The lowest BCUT2D eigenvalue weighted by atomic mass is 10.3. The molecule has 0 heterocycles. The molecule has 5 N–H and O–H groups in total. The number of esters is 6. The number of carboxylic acids is 1. The largest absolute Gasteiger partial charge is 0.500 e. The molecule has 0 bridgehead atoms. The number of rotatable bonds is 40. The Kier molecular flexibility index (Phi) is 59.4. The van der Waals surface area contributed by atoms with Crippen LogP contribution in [0.3, 0.4) is 0 Å². The average Bonchev–Trinajstić information content (AvgIpc) is 3.39. The van der Waals surface area contributed by atoms with Crippen molar-refractivity contribution in [3.05, 3.63) is 61.8 Å². The van der Waals surface area contributed by atoms with Gasteiger partial charge in [-0.15, -0.1) is 13.2 Å². The highest BCUT2D eigenvalue weighted by atomic mass is 28.4. The van der Waals surface area contributed by atoms with Gasteiger partial charge in [0.05, 0.1) is 25.7 Å². The van der Waals surface area contributed by atoms with Crippen molar-refractivity contribution in [2.45, 2.75) is 113 Å². The highest BCUT2D eigenvalue weighted by molar-refractivity contribution is 6.60. The van der Waals surface area contributed by atoms with Crippen LogP contribution in [0.4, 0.5) is 0 Å². The fourth-order valence-corrected chi connectivity index (χ4v) is 8.26. The molecule has 450 valence electrons. The molecular formula is C51H91N3O22Si2. The number of carbonyl (C=O) groups is 9. The van der Waals surface area contributed by atoms with Gasteiger partial charge in [-0.1, -0.05) is 31.9 Å². The highest BCUT2D eigenvalue weighted by Gasteiger charge is 2.39. The number of aliphatic carboxylic acids is 1. The number of hydrogen-bond donors (Lipinski definition) is 4. The maximum atomic E-state index is 11.9. The summed E-state index contributed by atoms with van der Waals surface area (Å²) < 4.78 is 61.4. The molecule has 0 aromatic carbocycles. The molecule has 0 aliphatic heterocycles. The monoisotopic (exact) mass is 1150 g/mol. The predicted molar refractivity (Wildman–Crippen MR) is 293 cm³/mol. The molecule has 0 aromatic rings. The van der Waals surface area contributed by atoms with Crippen molar-refractivity contribution in [2.24, 2.45) is 5.73 Å². The van der Waals surface area contributed by atoms with Crippen LogP contribution in [-0.4, -0.2) is 176 Å². The molecule has 0 rings (SSSR count). The third-order valence-corrected chi connectivity index (χ3v) is 13.0. The zero-order chi connectivity index (χ0) is 60.6. The predicted octanol–water partition coefficient (Wildman–Crippen LogP) is 4.17. The van der Waals surface area contributed by atoms with Gasteiger partial charge in [0.25, 0.3) is 0 Å². The van der Waals surface area contributed by atoms with Crippen molar-refractivity contribution >= 4 is 71.9 Å². The van der Waals surface area contributed by atoms with Gasteiger partial charge in [-0.05, 0) is 68.7 Å². The van der Waals surface area contributed by atoms with E-state index in [1.807, 2.05) is 41.5 Å². The zero-order valence-corrected chi connectivity index (χ0v) is 49.8. The van der Waals surface area contributed by atoms with Crippen LogP contribution in [0.2, 0.25) is 6.04 Å². The molecule has 0 saturated heterocycles. The summed E-state index contributed by atoms with van der Waals surface area (Å²) >= 11 is 0. The van der Waals surface area contributed by atoms with Gasteiger partial charge in [-0.25, -0.2) is 14.4 Å². The van der Waals surface area contributed by atoms with Crippen LogP contribution >= 0.6 is 0 Å². The highest BCUT2D eigenvalue weighted by Crippen LogP contribution is 2.18. The molecule has 0 atom stereocenters. The molecule has 0 unspecified atom stereocenters. The summed E-state index contributed by atoms with van der Waals surface area (Å²) in [7, 11) is -4.44. The summed E-state index contributed by atoms with van der Waals surface area (Å²) in [6.45, 7) is 37.7. The fraction of sp³-hybridized carbons (Fsp3) is 0.627. The molecule has 0 spiro atoms. The lowest BCUT2D eigenvalue weighted by molar-refractivity contribution is -0.151. The second-order valence-electron chi connectivity index (χ2n) is 15.0. The molecule has 2 amide bonds. The van der Waals surface area contributed by atoms with Gasteiger partial charge in [0.15, 0.2) is 0 Å². The van der Waals surface area contributed by atoms with Crippen LogP contribution in [0.15, 0.2) is 61.8 Å². The van der Waals surface area contributed by atoms with Gasteiger partial charge < -0.3 is 76.5 Å². The smallest absolute Gasteiger partial charge is 0.481 e. The molecule has 0 fully saturated rings. The van der Waals surface area contributed by atoms with Crippen molar-refractivity contribution < 1.29 is 103 Å². The van der Waals surface area contributed by atoms with E-state index in [0.29, 0.717) is 71.7 Å². The van der Waals surface area contributed by atoms with E-state index in [1.54, 1.807) is 12.2 Å². The normalized spacial score (nSPS) is 9.99. The lowest BCUT2D eigenvalue weighted by Gasteiger charge is -2.28. The standard InChI is InChI=1S/C19H35NO8Si.C13H19NO5.C10H14O6.C6H16O3Si.C3H7N/c1-6-26-29(27-7-2,28-8-3)15-9-12-20-17(21)10-11-18(22)24-13-14-25-19(23)16(4)5;1-4-7-14-11(15)5-6-12(16)18-8-9-19-13(17)10(2)3;1-7(2)10(14)16-6-5-15-9(13)4-3-8(11)12;1-4-7-10(8-5-2)9-6-3;1-2-3-4/h4,6-15H2,1-3,5H3,(H,20,21);4H,1-2,5-9H2,3H3,(H,14,15);1,3-6H2,2H3,(H,11,12);10H,4-6H2,1-3H3;2H,1,3-4H2. The number of nitrogens with two attached hydrogens (primary N) is 1. The summed E-state index contributed by atoms with van der Waals surface area (Å²) in [6.07, 6.45) is 3.40. The van der Waals surface area contributed by atoms with Gasteiger partial charge in [-0.3, -0.25) is 28.8 Å². The molecule has 0 saturated carbocycles. The molecule has 0 aliphatic carbocycles. The Morgan fingerprint density at radius 3 is 1.10 bits per heavy atom. The topological polar surface area (TPSA) is 335 Å². The van der Waals surface area contributed by atoms with Crippen molar-refractivity contribution in [3.63, 3.8) is 0 Å². The Morgan fingerprint density at radius 1 is 0.500 bits per heavy atom. The van der Waals surface area contributed by atoms with Crippen molar-refractivity contribution in [1.29, 1.82) is 0 Å². The summed E-state index contributed by atoms with van der Waals surface area (Å²) in [6, 6.07) is 0.605. The van der Waals surface area contributed by atoms with Crippen LogP contribution in [0.25, 0.3) is 0 Å². The Bertz CT molecular complexity index is 1740. The minimum atomic E-state index is -2.70. The van der Waals surface area contributed by atoms with Gasteiger partial charge in [0.1, 0.15) is 39.6 Å². The number of amides is 2. The van der Waals surface area contributed by atoms with Crippen LogP contribution < -0.4 is 16.4 Å². The van der Waals surface area contributed by atoms with E-state index in [9.17, 15) is 43.2 Å². The van der Waals surface area contributed by atoms with E-state index in [4.69, 9.17) is 56.3 Å². The second-order valence-corrected chi connectivity index (χ2v) is 19.3. The summed E-state index contributed by atoms with van der Waals surface area (Å²) in [5.74, 6) is -4.84. The number of hydrogen-bond acceptors (Lipinski definition) is 22. The lowest BCUT2D eigenvalue weighted by Crippen LogP contribution is -2.46. The molecule has 0 radical (unpaired) electrons. The Labute approximate surface area is 464 Å². The third kappa shape index (κ3) is 57.8. The van der Waals surface area contributed by atoms with E-state index >= 15 is 0 Å². The van der Waals surface area contributed by atoms with E-state index in [-0.39, 0.29) is 107 Å². The van der Waals surface area contributed by atoms with Gasteiger partial charge >= 0.3 is 60.1 Å². The van der Waals surface area contributed by atoms with E-state index < -0.39 is 60.1 Å². The first kappa shape index (κ1) is 80.9. The van der Waals surface area contributed by atoms with Crippen molar-refractivity contribution in [2.75, 3.05) is 98.9 Å². The SMILES string of the molecule is C=C(C)C(=O)OCCOC(=O)CCC(=O)NCCC[Si](OCC)(OCC)OCC.C=C(C)C(=O)OCCOC(=O)CCC(=O)O.C=CCN.C=CCNC(=O)CCC(=O)OCCOC(=O)C(=C)C.CCO[SiH](OCC)OCC. The maximum Gasteiger partial charge on any atom is 0.500 e. The zero-order valence-electron chi connectivity index (χ0n) is 47.6. The summed E-state index contributed by atoms with van der Waals surface area (Å²) in [5.41, 5.74) is 5.73. The Hall–Kier alpha value is -5.92. The Balaban J connectivity index is -0.000000314. The second kappa shape index (κ2) is 57.3. The van der Waals surface area contributed by atoms with Crippen LogP contribution in [0, 0.1) is 0 Å². The summed E-state index contributed by atoms with van der Waals surface area (Å²) in [4.78, 5) is 99.8. The third-order valence-electron chi connectivity index (χ3n) is 8.03. The first-order chi connectivity index (χ1) is 37.0. The average molecular weight is 1150 g/mol. The van der Waals surface area contributed by atoms with Crippen LogP contribution in [0.5, 0.6) is 0 Å². The van der Waals surface area contributed by atoms with Crippen LogP contribution in [0.1, 0.15) is 107 Å². The molecule has 0 aromatic heterocycles. The fourth-order valence-electron chi connectivity index (χ4n) is 4.55. The number of carbonyl (C=O) groups excluding carboxylic acids is 8. The molecule has 78 heavy (non-hydrogen) atoms. The molecule has 27 heteroatoms. The van der Waals surface area contributed by atoms with Gasteiger partial charge in [0, 0.05) is 94.9 Å². The van der Waals surface area contributed by atoms with Crippen molar-refractivity contribution in [1.82, 2.24) is 10.6 Å². The van der Waals surface area contributed by atoms with E-state index in [1.165, 1.54) is 20.8 Å². The minimum Gasteiger partial charge on any atom is -0.481 e. The molecule has 25 nitrogen and oxygen atoms in total. The molecular weight excluding hydrogens is 1060 g/mol. The van der Waals surface area contributed by atoms with Gasteiger partial charge in [0.2, 0.25) is 11.8 Å². The van der Waals surface area contributed by atoms with Gasteiger partial charge in [-0.2, -0.15) is 0 Å². The quantitative estimate of drug-likeness (QED) is 0.0167. The first-order valence-corrected chi connectivity index (χ1v) is 28.7. The molecule has 0 aliphatic rings. The first-order valence-electron chi connectivity index (χ1n) is 25.3. The number of ether oxygens (including phenoxy) is 6. The van der Waals surface area contributed by atoms with Crippen molar-refractivity contribution in [3.8, 4) is 0 Å². The Morgan fingerprint density at radius 2 is 0.821 bits per heavy atom. The van der Waals surface area contributed by atoms with E-state index in [0.717, 1.165) is 0 Å². The maximum absolute atomic E-state index is 11.9.